The van der Waals surface area contributed by atoms with Gasteiger partial charge in [0, 0.05) is 6.54 Å². The van der Waals surface area contributed by atoms with Crippen LogP contribution in [0.15, 0.2) is 5.16 Å². The van der Waals surface area contributed by atoms with Gasteiger partial charge in [-0.15, -0.1) is 0 Å². The van der Waals surface area contributed by atoms with Gasteiger partial charge in [-0.3, -0.25) is 4.90 Å². The summed E-state index contributed by atoms with van der Waals surface area (Å²) >= 11 is 0. The summed E-state index contributed by atoms with van der Waals surface area (Å²) in [7, 11) is 0. The van der Waals surface area contributed by atoms with Gasteiger partial charge in [0.2, 0.25) is 6.40 Å². The molecule has 4 nitrogen and oxygen atoms in total. The fraction of sp³-hybridized carbons (Fsp3) is 0.889. The molecule has 1 saturated heterocycles. The molecule has 0 aromatic heterocycles. The highest BCUT2D eigenvalue weighted by Crippen LogP contribution is 2.10. The first kappa shape index (κ1) is 8.81. The second-order valence-corrected chi connectivity index (χ2v) is 3.63. The second kappa shape index (κ2) is 4.46. The standard InChI is InChI=1S/C9H16N2O2/c1-2-4-11(5-3-1)6-9-7-13-10-8-12-9/h8-9H,1-7H2. The first-order valence-corrected chi connectivity index (χ1v) is 4.97. The van der Waals surface area contributed by atoms with Crippen molar-refractivity contribution >= 4 is 6.40 Å². The highest BCUT2D eigenvalue weighted by molar-refractivity contribution is 5.46. The Hall–Kier alpha value is -0.770. The molecule has 2 aliphatic heterocycles. The van der Waals surface area contributed by atoms with Crippen LogP contribution in [0, 0.1) is 0 Å². The minimum atomic E-state index is 0.176. The van der Waals surface area contributed by atoms with Crippen molar-refractivity contribution in [3.63, 3.8) is 0 Å². The van der Waals surface area contributed by atoms with Crippen LogP contribution in [-0.2, 0) is 9.57 Å². The lowest BCUT2D eigenvalue weighted by Crippen LogP contribution is -2.40. The lowest BCUT2D eigenvalue weighted by molar-refractivity contribution is -0.00244. The van der Waals surface area contributed by atoms with E-state index in [-0.39, 0.29) is 6.10 Å². The van der Waals surface area contributed by atoms with Crippen LogP contribution in [0.1, 0.15) is 19.3 Å². The van der Waals surface area contributed by atoms with Crippen molar-refractivity contribution in [1.82, 2.24) is 4.90 Å². The molecule has 1 unspecified atom stereocenters. The zero-order valence-electron chi connectivity index (χ0n) is 7.82. The molecule has 0 saturated carbocycles. The Bertz CT molecular complexity index is 178. The third-order valence-electron chi connectivity index (χ3n) is 2.54. The number of oxime groups is 1. The molecule has 0 aromatic rings. The van der Waals surface area contributed by atoms with Crippen molar-refractivity contribution in [3.05, 3.63) is 0 Å². The molecule has 0 bridgehead atoms. The third-order valence-corrected chi connectivity index (χ3v) is 2.54. The Kier molecular flexibility index (Phi) is 3.02. The van der Waals surface area contributed by atoms with E-state index in [0.717, 1.165) is 6.54 Å². The van der Waals surface area contributed by atoms with E-state index in [1.807, 2.05) is 0 Å². The van der Waals surface area contributed by atoms with Gasteiger partial charge in [-0.05, 0) is 25.9 Å². The predicted molar refractivity (Wildman–Crippen MR) is 49.6 cm³/mol. The summed E-state index contributed by atoms with van der Waals surface area (Å²) < 4.78 is 5.32. The molecular weight excluding hydrogens is 168 g/mol. The van der Waals surface area contributed by atoms with Crippen molar-refractivity contribution in [2.75, 3.05) is 26.2 Å². The Morgan fingerprint density at radius 2 is 2.15 bits per heavy atom. The summed E-state index contributed by atoms with van der Waals surface area (Å²) in [6.07, 6.45) is 5.59. The predicted octanol–water partition coefficient (Wildman–Crippen LogP) is 0.831. The molecule has 1 fully saturated rings. The maximum absolute atomic E-state index is 5.32. The van der Waals surface area contributed by atoms with Crippen LogP contribution in [0.4, 0.5) is 0 Å². The topological polar surface area (TPSA) is 34.1 Å². The molecule has 0 amide bonds. The van der Waals surface area contributed by atoms with Crippen molar-refractivity contribution in [2.45, 2.75) is 25.4 Å². The van der Waals surface area contributed by atoms with E-state index in [1.165, 1.54) is 38.8 Å². The molecule has 0 radical (unpaired) electrons. The van der Waals surface area contributed by atoms with Gasteiger partial charge < -0.3 is 9.57 Å². The van der Waals surface area contributed by atoms with Crippen LogP contribution >= 0.6 is 0 Å². The van der Waals surface area contributed by atoms with E-state index in [1.54, 1.807) is 0 Å². The quantitative estimate of drug-likeness (QED) is 0.637. The molecule has 0 spiro atoms. The lowest BCUT2D eigenvalue weighted by atomic mass is 10.1. The molecule has 0 aliphatic carbocycles. The number of rotatable bonds is 2. The van der Waals surface area contributed by atoms with E-state index in [4.69, 9.17) is 9.57 Å². The maximum Gasteiger partial charge on any atom is 0.212 e. The molecule has 0 aromatic carbocycles. The minimum Gasteiger partial charge on any atom is -0.472 e. The summed E-state index contributed by atoms with van der Waals surface area (Å²) in [5.41, 5.74) is 0. The third kappa shape index (κ3) is 2.59. The van der Waals surface area contributed by atoms with Crippen LogP contribution in [0.2, 0.25) is 0 Å². The van der Waals surface area contributed by atoms with Crippen LogP contribution in [0.5, 0.6) is 0 Å². The number of nitrogens with zero attached hydrogens (tertiary/aromatic N) is 2. The smallest absolute Gasteiger partial charge is 0.212 e. The average Bonchev–Trinajstić information content (AvgIpc) is 2.21. The molecule has 2 rings (SSSR count). The van der Waals surface area contributed by atoms with Gasteiger partial charge in [0.25, 0.3) is 0 Å². The fourth-order valence-corrected chi connectivity index (χ4v) is 1.83. The van der Waals surface area contributed by atoms with E-state index in [2.05, 4.69) is 10.1 Å². The number of likely N-dealkylation sites (tertiary alicyclic amines) is 1. The highest BCUT2D eigenvalue weighted by Gasteiger charge is 2.18. The SMILES string of the molecule is C1=NOCC(CN2CCCCC2)O1. The van der Waals surface area contributed by atoms with Gasteiger partial charge in [-0.25, -0.2) is 0 Å². The first-order valence-electron chi connectivity index (χ1n) is 4.97. The number of ether oxygens (including phenoxy) is 1. The molecule has 2 heterocycles. The number of hydrogen-bond donors (Lipinski definition) is 0. The van der Waals surface area contributed by atoms with Crippen LogP contribution in [0.3, 0.4) is 0 Å². The van der Waals surface area contributed by atoms with Gasteiger partial charge in [0.05, 0.1) is 0 Å². The zero-order valence-corrected chi connectivity index (χ0v) is 7.82. The second-order valence-electron chi connectivity index (χ2n) is 3.63. The molecule has 4 heteroatoms. The molecule has 2 aliphatic rings. The minimum absolute atomic E-state index is 0.176. The molecule has 1 atom stereocenters. The van der Waals surface area contributed by atoms with Gasteiger partial charge in [0.15, 0.2) is 6.61 Å². The molecule has 74 valence electrons. The normalized spacial score (nSPS) is 29.4. The monoisotopic (exact) mass is 184 g/mol. The average molecular weight is 184 g/mol. The van der Waals surface area contributed by atoms with E-state index in [9.17, 15) is 0 Å². The molecule has 13 heavy (non-hydrogen) atoms. The van der Waals surface area contributed by atoms with E-state index in [0.29, 0.717) is 6.61 Å². The van der Waals surface area contributed by atoms with Crippen LogP contribution in [-0.4, -0.2) is 43.6 Å². The van der Waals surface area contributed by atoms with E-state index >= 15 is 0 Å². The Morgan fingerprint density at radius 3 is 2.85 bits per heavy atom. The summed E-state index contributed by atoms with van der Waals surface area (Å²) in [6, 6.07) is 0. The van der Waals surface area contributed by atoms with Crippen LogP contribution in [0.25, 0.3) is 0 Å². The first-order chi connectivity index (χ1) is 6.45. The highest BCUT2D eigenvalue weighted by atomic mass is 16.7. The zero-order chi connectivity index (χ0) is 8.93. The van der Waals surface area contributed by atoms with Gasteiger partial charge in [0.1, 0.15) is 6.10 Å². The fourth-order valence-electron chi connectivity index (χ4n) is 1.83. The summed E-state index contributed by atoms with van der Waals surface area (Å²) in [6.45, 7) is 3.98. The Balaban J connectivity index is 1.72. The molecular formula is C9H16N2O2. The Morgan fingerprint density at radius 1 is 1.31 bits per heavy atom. The van der Waals surface area contributed by atoms with Crippen molar-refractivity contribution in [3.8, 4) is 0 Å². The van der Waals surface area contributed by atoms with Crippen molar-refractivity contribution in [2.24, 2.45) is 5.16 Å². The van der Waals surface area contributed by atoms with Gasteiger partial charge >= 0.3 is 0 Å². The van der Waals surface area contributed by atoms with Crippen molar-refractivity contribution in [1.29, 1.82) is 0 Å². The number of piperidine rings is 1. The molecule has 0 N–H and O–H groups in total. The van der Waals surface area contributed by atoms with Gasteiger partial charge in [-0.2, -0.15) is 0 Å². The summed E-state index contributed by atoms with van der Waals surface area (Å²) in [4.78, 5) is 7.38. The van der Waals surface area contributed by atoms with Crippen LogP contribution < -0.4 is 0 Å². The van der Waals surface area contributed by atoms with Crippen molar-refractivity contribution < 1.29 is 9.57 Å². The maximum atomic E-state index is 5.32. The Labute approximate surface area is 78.5 Å². The van der Waals surface area contributed by atoms with Gasteiger partial charge in [-0.1, -0.05) is 11.6 Å². The largest absolute Gasteiger partial charge is 0.472 e. The summed E-state index contributed by atoms with van der Waals surface area (Å²) in [5.74, 6) is 0. The summed E-state index contributed by atoms with van der Waals surface area (Å²) in [5, 5.41) is 3.55. The lowest BCUT2D eigenvalue weighted by Gasteiger charge is -2.30. The number of hydrogen-bond acceptors (Lipinski definition) is 4. The van der Waals surface area contributed by atoms with E-state index < -0.39 is 0 Å².